The smallest absolute Gasteiger partial charge is 0.259 e. The summed E-state index contributed by atoms with van der Waals surface area (Å²) in [6.07, 6.45) is 1.77. The molecular weight excluding hydrogens is 308 g/mol. The third kappa shape index (κ3) is 2.84. The Labute approximate surface area is 130 Å². The van der Waals surface area contributed by atoms with Crippen molar-refractivity contribution in [1.82, 2.24) is 4.37 Å². The normalized spacial score (nSPS) is 10.6. The summed E-state index contributed by atoms with van der Waals surface area (Å²) in [5.74, 6) is 0.215. The zero-order valence-corrected chi connectivity index (χ0v) is 12.7. The zero-order valence-electron chi connectivity index (χ0n) is 11.1. The maximum Gasteiger partial charge on any atom is 0.259 e. The minimum Gasteiger partial charge on any atom is -0.496 e. The summed E-state index contributed by atoms with van der Waals surface area (Å²) in [5, 5.41) is 4.32. The molecular formula is C15H11ClN2O2S. The Morgan fingerprint density at radius 3 is 2.95 bits per heavy atom. The number of nitrogens with one attached hydrogen (secondary N) is 1. The van der Waals surface area contributed by atoms with Crippen molar-refractivity contribution in [2.75, 3.05) is 12.4 Å². The van der Waals surface area contributed by atoms with Gasteiger partial charge in [-0.15, -0.1) is 0 Å². The van der Waals surface area contributed by atoms with Crippen molar-refractivity contribution in [3.8, 4) is 5.75 Å². The van der Waals surface area contributed by atoms with E-state index in [9.17, 15) is 4.79 Å². The van der Waals surface area contributed by atoms with Crippen LogP contribution in [-0.4, -0.2) is 17.4 Å². The summed E-state index contributed by atoms with van der Waals surface area (Å²) < 4.78 is 10.4. The van der Waals surface area contributed by atoms with E-state index in [1.54, 1.807) is 24.4 Å². The number of halogens is 1. The number of benzene rings is 2. The lowest BCUT2D eigenvalue weighted by Gasteiger charge is -2.09. The third-order valence-electron chi connectivity index (χ3n) is 3.02. The molecule has 0 saturated heterocycles. The molecule has 1 heterocycles. The predicted molar refractivity (Wildman–Crippen MR) is 85.6 cm³/mol. The molecule has 0 spiro atoms. The van der Waals surface area contributed by atoms with Gasteiger partial charge in [0.05, 0.1) is 17.4 Å². The van der Waals surface area contributed by atoms with Gasteiger partial charge in [0.15, 0.2) is 0 Å². The van der Waals surface area contributed by atoms with Crippen LogP contribution in [0.15, 0.2) is 42.6 Å². The SMILES string of the molecule is COc1ccc(Cl)cc1C(=O)Nc1ccc2sncc2c1. The molecule has 0 fully saturated rings. The van der Waals surface area contributed by atoms with Crippen molar-refractivity contribution in [1.29, 1.82) is 0 Å². The van der Waals surface area contributed by atoms with Gasteiger partial charge in [-0.25, -0.2) is 0 Å². The second-order valence-electron chi connectivity index (χ2n) is 4.38. The number of amides is 1. The lowest BCUT2D eigenvalue weighted by molar-refractivity contribution is 0.102. The summed E-state index contributed by atoms with van der Waals surface area (Å²) in [6, 6.07) is 10.6. The molecule has 0 unspecified atom stereocenters. The summed E-state index contributed by atoms with van der Waals surface area (Å²) in [7, 11) is 1.52. The monoisotopic (exact) mass is 318 g/mol. The maximum atomic E-state index is 12.4. The van der Waals surface area contributed by atoms with E-state index in [0.29, 0.717) is 22.0 Å². The molecule has 2 aromatic carbocycles. The molecule has 0 aliphatic rings. The number of fused-ring (bicyclic) bond motifs is 1. The number of aromatic nitrogens is 1. The van der Waals surface area contributed by atoms with Crippen molar-refractivity contribution in [3.63, 3.8) is 0 Å². The molecule has 1 aromatic heterocycles. The summed E-state index contributed by atoms with van der Waals surface area (Å²) >= 11 is 7.36. The summed E-state index contributed by atoms with van der Waals surface area (Å²) in [5.41, 5.74) is 1.10. The maximum absolute atomic E-state index is 12.4. The number of ether oxygens (including phenoxy) is 1. The number of rotatable bonds is 3. The van der Waals surface area contributed by atoms with Crippen molar-refractivity contribution in [2.45, 2.75) is 0 Å². The molecule has 1 N–H and O–H groups in total. The summed E-state index contributed by atoms with van der Waals surface area (Å²) in [4.78, 5) is 12.4. The molecule has 21 heavy (non-hydrogen) atoms. The molecule has 0 bridgehead atoms. The van der Waals surface area contributed by atoms with E-state index in [4.69, 9.17) is 16.3 Å². The minimum absolute atomic E-state index is 0.267. The van der Waals surface area contributed by atoms with Gasteiger partial charge in [0.2, 0.25) is 0 Å². The second kappa shape index (κ2) is 5.71. The molecule has 0 radical (unpaired) electrons. The van der Waals surface area contributed by atoms with Gasteiger partial charge < -0.3 is 10.1 Å². The van der Waals surface area contributed by atoms with E-state index in [1.165, 1.54) is 18.6 Å². The van der Waals surface area contributed by atoms with Crippen LogP contribution in [0.1, 0.15) is 10.4 Å². The van der Waals surface area contributed by atoms with Gasteiger partial charge in [0.1, 0.15) is 5.75 Å². The molecule has 3 rings (SSSR count). The van der Waals surface area contributed by atoms with Crippen LogP contribution in [0, 0.1) is 0 Å². The first-order chi connectivity index (χ1) is 10.2. The van der Waals surface area contributed by atoms with Crippen LogP contribution in [-0.2, 0) is 0 Å². The van der Waals surface area contributed by atoms with Gasteiger partial charge in [-0.1, -0.05) is 11.6 Å². The number of carbonyl (C=O) groups is 1. The van der Waals surface area contributed by atoms with E-state index >= 15 is 0 Å². The first-order valence-corrected chi connectivity index (χ1v) is 7.32. The van der Waals surface area contributed by atoms with Gasteiger partial charge in [-0.2, -0.15) is 4.37 Å². The van der Waals surface area contributed by atoms with Crippen LogP contribution in [0.4, 0.5) is 5.69 Å². The van der Waals surface area contributed by atoms with Crippen LogP contribution in [0.5, 0.6) is 5.75 Å². The van der Waals surface area contributed by atoms with E-state index in [0.717, 1.165) is 10.1 Å². The fourth-order valence-electron chi connectivity index (χ4n) is 2.01. The van der Waals surface area contributed by atoms with Gasteiger partial charge in [-0.05, 0) is 47.9 Å². The van der Waals surface area contributed by atoms with Crippen LogP contribution in [0.25, 0.3) is 10.1 Å². The fraction of sp³-hybridized carbons (Fsp3) is 0.0667. The quantitative estimate of drug-likeness (QED) is 0.787. The highest BCUT2D eigenvalue weighted by Gasteiger charge is 2.13. The van der Waals surface area contributed by atoms with E-state index in [-0.39, 0.29) is 5.91 Å². The predicted octanol–water partition coefficient (Wildman–Crippen LogP) is 4.21. The molecule has 0 aliphatic carbocycles. The van der Waals surface area contributed by atoms with Gasteiger partial charge in [0, 0.05) is 22.3 Å². The molecule has 1 amide bonds. The lowest BCUT2D eigenvalue weighted by atomic mass is 10.1. The van der Waals surface area contributed by atoms with Gasteiger partial charge >= 0.3 is 0 Å². The molecule has 4 nitrogen and oxygen atoms in total. The molecule has 106 valence electrons. The van der Waals surface area contributed by atoms with Crippen molar-refractivity contribution >= 4 is 44.8 Å². The average Bonchev–Trinajstić information content (AvgIpc) is 2.94. The number of carbonyl (C=O) groups excluding carboxylic acids is 1. The number of anilines is 1. The largest absolute Gasteiger partial charge is 0.496 e. The lowest BCUT2D eigenvalue weighted by Crippen LogP contribution is -2.13. The second-order valence-corrected chi connectivity index (χ2v) is 5.65. The van der Waals surface area contributed by atoms with Gasteiger partial charge in [-0.3, -0.25) is 4.79 Å². The number of hydrogen-bond acceptors (Lipinski definition) is 4. The molecule has 0 atom stereocenters. The first-order valence-electron chi connectivity index (χ1n) is 6.17. The zero-order chi connectivity index (χ0) is 14.8. The van der Waals surface area contributed by atoms with E-state index < -0.39 is 0 Å². The Morgan fingerprint density at radius 2 is 2.14 bits per heavy atom. The number of methoxy groups -OCH3 is 1. The molecule has 0 aliphatic heterocycles. The molecule has 6 heteroatoms. The highest BCUT2D eigenvalue weighted by Crippen LogP contribution is 2.25. The standard InChI is InChI=1S/C15H11ClN2O2S/c1-20-13-4-2-10(16)7-12(13)15(19)18-11-3-5-14-9(6-11)8-17-21-14/h2-8H,1H3,(H,18,19). The number of nitrogens with zero attached hydrogens (tertiary/aromatic N) is 1. The van der Waals surface area contributed by atoms with Crippen LogP contribution in [0.2, 0.25) is 5.02 Å². The highest BCUT2D eigenvalue weighted by molar-refractivity contribution is 7.13. The minimum atomic E-state index is -0.267. The highest BCUT2D eigenvalue weighted by atomic mass is 35.5. The molecule has 3 aromatic rings. The van der Waals surface area contributed by atoms with Crippen LogP contribution >= 0.6 is 23.1 Å². The van der Waals surface area contributed by atoms with Crippen LogP contribution < -0.4 is 10.1 Å². The fourth-order valence-corrected chi connectivity index (χ4v) is 2.80. The third-order valence-corrected chi connectivity index (χ3v) is 4.03. The van der Waals surface area contributed by atoms with Crippen molar-refractivity contribution in [3.05, 3.63) is 53.2 Å². The Hall–Kier alpha value is -2.11. The van der Waals surface area contributed by atoms with Gasteiger partial charge in [0.25, 0.3) is 5.91 Å². The van der Waals surface area contributed by atoms with Crippen LogP contribution in [0.3, 0.4) is 0 Å². The Bertz CT molecular complexity index is 816. The average molecular weight is 319 g/mol. The summed E-state index contributed by atoms with van der Waals surface area (Å²) in [6.45, 7) is 0. The Kier molecular flexibility index (Phi) is 3.77. The van der Waals surface area contributed by atoms with E-state index in [2.05, 4.69) is 9.69 Å². The molecule has 0 saturated carbocycles. The topological polar surface area (TPSA) is 51.2 Å². The van der Waals surface area contributed by atoms with E-state index in [1.807, 2.05) is 18.2 Å². The Morgan fingerprint density at radius 1 is 1.29 bits per heavy atom. The number of hydrogen-bond donors (Lipinski definition) is 1. The Balaban J connectivity index is 1.90. The van der Waals surface area contributed by atoms with Crippen molar-refractivity contribution < 1.29 is 9.53 Å². The first kappa shape index (κ1) is 13.9. The van der Waals surface area contributed by atoms with Crippen molar-refractivity contribution in [2.24, 2.45) is 0 Å².